The molecule has 3 aromatic carbocycles. The second-order valence-electron chi connectivity index (χ2n) is 5.78. The standard InChI is InChI=1S/C20H15N3O2/c21-18-15(13-9-5-2-6-10-13)11-14(12-7-3-1-4-8-12)16-17(18)20(25)23-22-19(16)24/h1-11H,21H2,(H,22,24)(H,23,25). The van der Waals surface area contributed by atoms with Gasteiger partial charge in [0.25, 0.3) is 11.1 Å². The Hall–Kier alpha value is -3.60. The lowest BCUT2D eigenvalue weighted by molar-refractivity contribution is 0.977. The molecule has 0 atom stereocenters. The van der Waals surface area contributed by atoms with Gasteiger partial charge in [0.15, 0.2) is 0 Å². The number of rotatable bonds is 2. The summed E-state index contributed by atoms with van der Waals surface area (Å²) in [6, 6.07) is 20.9. The molecule has 5 nitrogen and oxygen atoms in total. The maximum atomic E-state index is 12.4. The lowest BCUT2D eigenvalue weighted by atomic mass is 9.92. The molecule has 0 saturated heterocycles. The van der Waals surface area contributed by atoms with E-state index in [1.165, 1.54) is 0 Å². The summed E-state index contributed by atoms with van der Waals surface area (Å²) in [6.07, 6.45) is 0. The molecule has 5 heteroatoms. The molecule has 4 rings (SSSR count). The number of anilines is 1. The highest BCUT2D eigenvalue weighted by Crippen LogP contribution is 2.36. The number of H-pyrrole nitrogens is 2. The van der Waals surface area contributed by atoms with Crippen LogP contribution >= 0.6 is 0 Å². The summed E-state index contributed by atoms with van der Waals surface area (Å²) in [5.74, 6) is 0. The molecule has 4 N–H and O–H groups in total. The summed E-state index contributed by atoms with van der Waals surface area (Å²) in [6.45, 7) is 0. The molecular formula is C20H15N3O2. The molecule has 1 heterocycles. The first-order valence-electron chi connectivity index (χ1n) is 7.85. The van der Waals surface area contributed by atoms with Crippen LogP contribution in [0.25, 0.3) is 33.0 Å². The van der Waals surface area contributed by atoms with Crippen molar-refractivity contribution in [1.82, 2.24) is 10.2 Å². The van der Waals surface area contributed by atoms with Gasteiger partial charge in [-0.15, -0.1) is 0 Å². The van der Waals surface area contributed by atoms with Crippen LogP contribution < -0.4 is 16.9 Å². The van der Waals surface area contributed by atoms with Crippen molar-refractivity contribution in [3.8, 4) is 22.3 Å². The molecule has 0 radical (unpaired) electrons. The highest BCUT2D eigenvalue weighted by molar-refractivity contribution is 6.07. The smallest absolute Gasteiger partial charge is 0.272 e. The molecule has 0 saturated carbocycles. The molecule has 25 heavy (non-hydrogen) atoms. The normalized spacial score (nSPS) is 10.9. The fourth-order valence-electron chi connectivity index (χ4n) is 3.11. The molecule has 0 amide bonds. The van der Waals surface area contributed by atoms with Crippen molar-refractivity contribution in [2.45, 2.75) is 0 Å². The number of hydrogen-bond donors (Lipinski definition) is 3. The van der Waals surface area contributed by atoms with Crippen molar-refractivity contribution in [3.63, 3.8) is 0 Å². The van der Waals surface area contributed by atoms with Crippen molar-refractivity contribution < 1.29 is 0 Å². The highest BCUT2D eigenvalue weighted by atomic mass is 16.1. The summed E-state index contributed by atoms with van der Waals surface area (Å²) >= 11 is 0. The van der Waals surface area contributed by atoms with Gasteiger partial charge >= 0.3 is 0 Å². The van der Waals surface area contributed by atoms with E-state index < -0.39 is 5.56 Å². The maximum absolute atomic E-state index is 12.4. The van der Waals surface area contributed by atoms with Crippen LogP contribution in [0, 0.1) is 0 Å². The first-order valence-corrected chi connectivity index (χ1v) is 7.85. The molecule has 122 valence electrons. The summed E-state index contributed by atoms with van der Waals surface area (Å²) in [7, 11) is 0. The topological polar surface area (TPSA) is 91.7 Å². The lowest BCUT2D eigenvalue weighted by Crippen LogP contribution is -2.21. The van der Waals surface area contributed by atoms with Crippen LogP contribution in [0.5, 0.6) is 0 Å². The maximum Gasteiger partial charge on any atom is 0.272 e. The number of fused-ring (bicyclic) bond motifs is 1. The fourth-order valence-corrected chi connectivity index (χ4v) is 3.11. The second-order valence-corrected chi connectivity index (χ2v) is 5.78. The van der Waals surface area contributed by atoms with Gasteiger partial charge in [0.2, 0.25) is 0 Å². The lowest BCUT2D eigenvalue weighted by Gasteiger charge is -2.13. The Balaban J connectivity index is 2.21. The quantitative estimate of drug-likeness (QED) is 0.493. The van der Waals surface area contributed by atoms with Crippen LogP contribution in [0.1, 0.15) is 0 Å². The summed E-state index contributed by atoms with van der Waals surface area (Å²) < 4.78 is 0. The van der Waals surface area contributed by atoms with Crippen molar-refractivity contribution in [3.05, 3.63) is 87.4 Å². The van der Waals surface area contributed by atoms with Crippen LogP contribution in [0.15, 0.2) is 76.3 Å². The SMILES string of the molecule is Nc1c(-c2ccccc2)cc(-c2ccccc2)c2c(=O)[nH][nH]c(=O)c12. The Bertz CT molecular complexity index is 1180. The number of benzene rings is 3. The predicted molar refractivity (Wildman–Crippen MR) is 100 cm³/mol. The molecule has 0 aliphatic rings. The second kappa shape index (κ2) is 5.79. The predicted octanol–water partition coefficient (Wildman–Crippen LogP) is 3.13. The molecule has 1 aromatic heterocycles. The van der Waals surface area contributed by atoms with Gasteiger partial charge in [0.05, 0.1) is 16.5 Å². The summed E-state index contributed by atoms with van der Waals surface area (Å²) in [4.78, 5) is 24.9. The molecule has 0 aliphatic carbocycles. The average molecular weight is 329 g/mol. The monoisotopic (exact) mass is 329 g/mol. The number of hydrogen-bond acceptors (Lipinski definition) is 3. The van der Waals surface area contributed by atoms with Gasteiger partial charge in [0, 0.05) is 5.56 Å². The van der Waals surface area contributed by atoms with Crippen LogP contribution in [-0.2, 0) is 0 Å². The molecule has 0 fully saturated rings. The number of nitrogens with two attached hydrogens (primary N) is 1. The highest BCUT2D eigenvalue weighted by Gasteiger charge is 2.17. The van der Waals surface area contributed by atoms with E-state index in [9.17, 15) is 9.59 Å². The van der Waals surface area contributed by atoms with E-state index in [1.807, 2.05) is 66.7 Å². The minimum absolute atomic E-state index is 0.212. The largest absolute Gasteiger partial charge is 0.398 e. The van der Waals surface area contributed by atoms with Crippen LogP contribution in [0.4, 0.5) is 5.69 Å². The number of nitrogens with one attached hydrogen (secondary N) is 2. The van der Waals surface area contributed by atoms with Crippen molar-refractivity contribution >= 4 is 16.5 Å². The third-order valence-corrected chi connectivity index (χ3v) is 4.28. The molecule has 0 unspecified atom stereocenters. The van der Waals surface area contributed by atoms with E-state index in [-0.39, 0.29) is 10.9 Å². The van der Waals surface area contributed by atoms with Gasteiger partial charge in [-0.2, -0.15) is 0 Å². The first-order chi connectivity index (χ1) is 12.2. The molecule has 0 spiro atoms. The van der Waals surface area contributed by atoms with Gasteiger partial charge in [0.1, 0.15) is 0 Å². The van der Waals surface area contributed by atoms with Gasteiger partial charge < -0.3 is 5.73 Å². The molecule has 0 aliphatic heterocycles. The van der Waals surface area contributed by atoms with E-state index in [2.05, 4.69) is 10.2 Å². The minimum Gasteiger partial charge on any atom is -0.398 e. The van der Waals surface area contributed by atoms with Crippen LogP contribution in [0.2, 0.25) is 0 Å². The minimum atomic E-state index is -0.415. The Labute approximate surface area is 142 Å². The molecule has 4 aromatic rings. The Morgan fingerprint density at radius 3 is 1.68 bits per heavy atom. The Morgan fingerprint density at radius 2 is 1.12 bits per heavy atom. The average Bonchev–Trinajstić information content (AvgIpc) is 2.66. The zero-order valence-electron chi connectivity index (χ0n) is 13.2. The van der Waals surface area contributed by atoms with Gasteiger partial charge in [-0.1, -0.05) is 60.7 Å². The van der Waals surface area contributed by atoms with Crippen molar-refractivity contribution in [1.29, 1.82) is 0 Å². The zero-order valence-corrected chi connectivity index (χ0v) is 13.2. The van der Waals surface area contributed by atoms with Crippen LogP contribution in [-0.4, -0.2) is 10.2 Å². The number of aromatic nitrogens is 2. The van der Waals surface area contributed by atoms with Gasteiger partial charge in [-0.05, 0) is 22.8 Å². The number of nitrogen functional groups attached to an aromatic ring is 1. The van der Waals surface area contributed by atoms with E-state index in [0.29, 0.717) is 16.6 Å². The fraction of sp³-hybridized carbons (Fsp3) is 0. The van der Waals surface area contributed by atoms with E-state index >= 15 is 0 Å². The summed E-state index contributed by atoms with van der Waals surface area (Å²) in [5.41, 5.74) is 8.94. The zero-order chi connectivity index (χ0) is 17.4. The third kappa shape index (κ3) is 2.42. The number of aromatic amines is 2. The van der Waals surface area contributed by atoms with E-state index in [0.717, 1.165) is 16.7 Å². The van der Waals surface area contributed by atoms with Crippen LogP contribution in [0.3, 0.4) is 0 Å². The van der Waals surface area contributed by atoms with E-state index in [1.54, 1.807) is 0 Å². The van der Waals surface area contributed by atoms with Gasteiger partial charge in [-0.3, -0.25) is 19.8 Å². The Morgan fingerprint density at radius 1 is 0.640 bits per heavy atom. The van der Waals surface area contributed by atoms with Gasteiger partial charge in [-0.25, -0.2) is 0 Å². The first kappa shape index (κ1) is 15.0. The third-order valence-electron chi connectivity index (χ3n) is 4.28. The van der Waals surface area contributed by atoms with Crippen molar-refractivity contribution in [2.75, 3.05) is 5.73 Å². The Kier molecular flexibility index (Phi) is 3.47. The molecule has 0 bridgehead atoms. The molecular weight excluding hydrogens is 314 g/mol. The summed E-state index contributed by atoms with van der Waals surface area (Å²) in [5, 5.41) is 5.27. The van der Waals surface area contributed by atoms with E-state index in [4.69, 9.17) is 5.73 Å². The van der Waals surface area contributed by atoms with Crippen molar-refractivity contribution in [2.24, 2.45) is 0 Å².